The smallest absolute Gasteiger partial charge is 0.306 e. The van der Waals surface area contributed by atoms with Crippen LogP contribution in [-0.2, 0) is 28.7 Å². The Kier molecular flexibility index (Phi) is 28.0. The van der Waals surface area contributed by atoms with E-state index in [1.165, 1.54) is 13.8 Å². The number of ether oxygens (including phenoxy) is 2. The molecule has 2 saturated heterocycles. The van der Waals surface area contributed by atoms with Crippen LogP contribution in [0, 0.1) is 34.0 Å². The number of carbonyl (C=O) groups excluding carboxylic acids is 4. The number of ketones is 2. The van der Waals surface area contributed by atoms with Gasteiger partial charge in [0.2, 0.25) is 0 Å². The average molecular weight is 829 g/mol. The van der Waals surface area contributed by atoms with Gasteiger partial charge in [-0.05, 0) is 125 Å². The van der Waals surface area contributed by atoms with Crippen LogP contribution in [0.1, 0.15) is 214 Å². The van der Waals surface area contributed by atoms with E-state index in [0.29, 0.717) is 60.7 Å². The van der Waals surface area contributed by atoms with Gasteiger partial charge in [-0.25, -0.2) is 0 Å². The summed E-state index contributed by atoms with van der Waals surface area (Å²) in [5.41, 5.74) is -0.277. The van der Waals surface area contributed by atoms with Crippen molar-refractivity contribution in [3.05, 3.63) is 0 Å². The van der Waals surface area contributed by atoms with Crippen molar-refractivity contribution in [3.8, 4) is 0 Å². The lowest BCUT2D eigenvalue weighted by molar-refractivity contribution is -0.161. The maximum absolute atomic E-state index is 11.4. The van der Waals surface area contributed by atoms with Crippen molar-refractivity contribution in [1.29, 1.82) is 0 Å². The van der Waals surface area contributed by atoms with E-state index >= 15 is 0 Å². The van der Waals surface area contributed by atoms with Crippen molar-refractivity contribution < 1.29 is 49.1 Å². The zero-order valence-electron chi connectivity index (χ0n) is 40.2. The molecule has 0 aromatic rings. The molecule has 0 bridgehead atoms. The fourth-order valence-electron chi connectivity index (χ4n) is 7.09. The summed E-state index contributed by atoms with van der Waals surface area (Å²) in [5, 5.41) is 38.4. The van der Waals surface area contributed by atoms with Crippen LogP contribution < -0.4 is 0 Å². The molecule has 0 saturated carbocycles. The molecule has 2 heterocycles. The van der Waals surface area contributed by atoms with Gasteiger partial charge in [0.1, 0.15) is 23.8 Å². The number of cyclic esters (lactones) is 2. The average Bonchev–Trinajstić information content (AvgIpc) is 2.98. The first-order valence-electron chi connectivity index (χ1n) is 22.3. The number of aliphatic hydroxyl groups excluding tert-OH is 3. The highest BCUT2D eigenvalue weighted by molar-refractivity contribution is 5.76. The number of carbonyl (C=O) groups is 4. The first kappa shape index (κ1) is 58.2. The molecule has 10 heteroatoms. The summed E-state index contributed by atoms with van der Waals surface area (Å²) in [6.45, 7) is 32.7. The molecule has 58 heavy (non-hydrogen) atoms. The molecule has 2 aliphatic heterocycles. The lowest BCUT2D eigenvalue weighted by Gasteiger charge is -2.35. The van der Waals surface area contributed by atoms with E-state index in [1.807, 2.05) is 0 Å². The molecule has 2 aliphatic rings. The highest BCUT2D eigenvalue weighted by Crippen LogP contribution is 2.36. The number of aliphatic hydroxyl groups is 4. The number of hydrogen-bond donors (Lipinski definition) is 4. The lowest BCUT2D eigenvalue weighted by atomic mass is 9.79. The molecule has 0 spiro atoms. The summed E-state index contributed by atoms with van der Waals surface area (Å²) < 4.78 is 10.7. The summed E-state index contributed by atoms with van der Waals surface area (Å²) in [6, 6.07) is 0. The molecule has 7 unspecified atom stereocenters. The highest BCUT2D eigenvalue weighted by atomic mass is 16.5. The van der Waals surface area contributed by atoms with Crippen LogP contribution in [-0.4, -0.2) is 80.1 Å². The van der Waals surface area contributed by atoms with Crippen LogP contribution in [0.4, 0.5) is 0 Å². The van der Waals surface area contributed by atoms with Crippen molar-refractivity contribution in [3.63, 3.8) is 0 Å². The quantitative estimate of drug-likeness (QED) is 0.0976. The van der Waals surface area contributed by atoms with E-state index < -0.39 is 23.9 Å². The summed E-state index contributed by atoms with van der Waals surface area (Å²) in [6.07, 6.45) is 10.2. The Bertz CT molecular complexity index is 1160. The second-order valence-electron chi connectivity index (χ2n) is 22.1. The number of hydrogen-bond acceptors (Lipinski definition) is 10. The van der Waals surface area contributed by atoms with Crippen LogP contribution in [0.25, 0.3) is 0 Å². The second kappa shape index (κ2) is 27.9. The van der Waals surface area contributed by atoms with E-state index in [4.69, 9.17) is 9.47 Å². The lowest BCUT2D eigenvalue weighted by Crippen LogP contribution is -2.35. The monoisotopic (exact) mass is 829 g/mol. The summed E-state index contributed by atoms with van der Waals surface area (Å²) >= 11 is 0. The minimum Gasteiger partial charge on any atom is -0.462 e. The van der Waals surface area contributed by atoms with Gasteiger partial charge in [-0.15, -0.1) is 0 Å². The van der Waals surface area contributed by atoms with Crippen molar-refractivity contribution >= 4 is 23.5 Å². The number of esters is 2. The van der Waals surface area contributed by atoms with Crippen molar-refractivity contribution in [1.82, 2.24) is 0 Å². The van der Waals surface area contributed by atoms with Gasteiger partial charge in [0.05, 0.1) is 30.3 Å². The highest BCUT2D eigenvalue weighted by Gasteiger charge is 2.34. The van der Waals surface area contributed by atoms with E-state index in [0.717, 1.165) is 51.4 Å². The van der Waals surface area contributed by atoms with Gasteiger partial charge >= 0.3 is 11.9 Å². The zero-order chi connectivity index (χ0) is 45.7. The Morgan fingerprint density at radius 1 is 0.724 bits per heavy atom. The fraction of sp³-hybridized carbons (Fsp3) is 0.917. The van der Waals surface area contributed by atoms with Crippen molar-refractivity contribution in [2.24, 2.45) is 34.0 Å². The van der Waals surface area contributed by atoms with Crippen molar-refractivity contribution in [2.75, 3.05) is 0 Å². The van der Waals surface area contributed by atoms with E-state index in [1.54, 1.807) is 6.92 Å². The van der Waals surface area contributed by atoms with Gasteiger partial charge < -0.3 is 29.9 Å². The van der Waals surface area contributed by atoms with Gasteiger partial charge in [-0.1, -0.05) is 90.0 Å². The first-order chi connectivity index (χ1) is 26.2. The Balaban J connectivity index is 0. The predicted octanol–water partition coefficient (Wildman–Crippen LogP) is 10.1. The van der Waals surface area contributed by atoms with Crippen LogP contribution in [0.5, 0.6) is 0 Å². The third kappa shape index (κ3) is 37.1. The Morgan fingerprint density at radius 2 is 1.19 bits per heavy atom. The Morgan fingerprint density at radius 3 is 1.60 bits per heavy atom. The van der Waals surface area contributed by atoms with Gasteiger partial charge in [0.25, 0.3) is 0 Å². The molecule has 10 nitrogen and oxygen atoms in total. The molecule has 0 aromatic carbocycles. The standard InChI is InChI=1S/C13H24O2.C12H24O3.C12H22O2.C11H22O3/c1-12(2,3)7-6-10-8-13(4,5)9-11(14)15-10;1-9(2)5-6-11(14)8-12(4,15)7-10(3)13;1-9-7-10(14-11(13)8-9)5-6-12(2,3)4;1-8(2)4-5-10(13)7-11(14)6-9(3)12/h10H,6-9H2,1-5H3;9,11,14-15H,5-8H2,1-4H3;9-10H,5-8H2,1-4H3;8,10-11,13-14H,4-7H2,1-3H3. The van der Waals surface area contributed by atoms with Gasteiger partial charge in [-0.2, -0.15) is 0 Å². The van der Waals surface area contributed by atoms with E-state index in [2.05, 4.69) is 90.0 Å². The molecule has 7 atom stereocenters. The number of rotatable bonds is 18. The van der Waals surface area contributed by atoms with E-state index in [-0.39, 0.29) is 60.4 Å². The molecular formula is C48H92O10. The SMILES string of the molecule is CC(=O)CC(C)(O)CC(O)CCC(C)C.CC(=O)CC(O)CC(O)CCC(C)C.CC(C)(C)CCC1CC(C)(C)CC(=O)O1.CC1CC(=O)OC(CCC(C)(C)C)C1. The summed E-state index contributed by atoms with van der Waals surface area (Å²) in [7, 11) is 0. The molecule has 0 aliphatic carbocycles. The molecule has 2 rings (SSSR count). The molecule has 2 fully saturated rings. The molecule has 0 aromatic heterocycles. The molecule has 0 amide bonds. The van der Waals surface area contributed by atoms with Crippen LogP contribution >= 0.6 is 0 Å². The maximum atomic E-state index is 11.4. The first-order valence-corrected chi connectivity index (χ1v) is 22.3. The summed E-state index contributed by atoms with van der Waals surface area (Å²) in [4.78, 5) is 44.1. The van der Waals surface area contributed by atoms with Gasteiger partial charge in [0.15, 0.2) is 0 Å². The second-order valence-corrected chi connectivity index (χ2v) is 22.1. The van der Waals surface area contributed by atoms with E-state index in [9.17, 15) is 39.6 Å². The fourth-order valence-corrected chi connectivity index (χ4v) is 7.09. The third-order valence-corrected chi connectivity index (χ3v) is 10.1. The Hall–Kier alpha value is -1.88. The Labute approximate surface area is 355 Å². The minimum absolute atomic E-state index is 0.0114. The van der Waals surface area contributed by atoms with Gasteiger partial charge in [0, 0.05) is 25.7 Å². The van der Waals surface area contributed by atoms with Gasteiger partial charge in [-0.3, -0.25) is 19.2 Å². The van der Waals surface area contributed by atoms with Crippen LogP contribution in [0.3, 0.4) is 0 Å². The molecule has 344 valence electrons. The third-order valence-electron chi connectivity index (χ3n) is 10.1. The predicted molar refractivity (Wildman–Crippen MR) is 235 cm³/mol. The van der Waals surface area contributed by atoms with Crippen LogP contribution in [0.15, 0.2) is 0 Å². The molecular weight excluding hydrogens is 737 g/mol. The molecule has 0 radical (unpaired) electrons. The zero-order valence-corrected chi connectivity index (χ0v) is 40.2. The largest absolute Gasteiger partial charge is 0.462 e. The topological polar surface area (TPSA) is 168 Å². The van der Waals surface area contributed by atoms with Crippen LogP contribution in [0.2, 0.25) is 0 Å². The normalized spacial score (nSPS) is 22.0. The number of Topliss-reactive ketones (excluding diaryl/α,β-unsaturated/α-hetero) is 2. The molecule has 4 N–H and O–H groups in total. The summed E-state index contributed by atoms with van der Waals surface area (Å²) in [5.74, 6) is 1.51. The van der Waals surface area contributed by atoms with Crippen molar-refractivity contribution in [2.45, 2.75) is 250 Å². The maximum Gasteiger partial charge on any atom is 0.306 e. The minimum atomic E-state index is -1.07.